The second kappa shape index (κ2) is 55.1. The Hall–Kier alpha value is -4.45. The molecular formula is C62H98O6. The van der Waals surface area contributed by atoms with Crippen LogP contribution in [0.3, 0.4) is 0 Å². The van der Waals surface area contributed by atoms with Gasteiger partial charge in [-0.1, -0.05) is 231 Å². The van der Waals surface area contributed by atoms with E-state index in [1.165, 1.54) is 57.8 Å². The lowest BCUT2D eigenvalue weighted by atomic mass is 10.0. The molecule has 68 heavy (non-hydrogen) atoms. The molecule has 0 amide bonds. The molecule has 0 aliphatic heterocycles. The Morgan fingerprint density at radius 2 is 0.603 bits per heavy atom. The van der Waals surface area contributed by atoms with Crippen LogP contribution in [-0.4, -0.2) is 37.2 Å². The van der Waals surface area contributed by atoms with Gasteiger partial charge < -0.3 is 14.2 Å². The van der Waals surface area contributed by atoms with Gasteiger partial charge in [0.05, 0.1) is 0 Å². The standard InChI is InChI=1S/C62H98O6/c1-4-7-10-13-16-19-22-25-26-27-28-29-30-31-32-33-34-35-36-38-40-43-46-49-52-55-61(64)67-58-59(57-66-60(63)54-51-48-45-42-39-24-21-18-15-12-9-6-3)68-62(65)56-53-50-47-44-41-37-23-20-17-14-11-8-5-2/h7-8,10-11,16-17,19-20,25-26,28-29,31-32,34-35,37-38,40-41,47,50,59H,4-6,9,12-15,18,21-24,27,30,33,36,39,42-46,48-49,51-58H2,1-3H3/b10-7-,11-8-,19-16-,20-17-,26-25-,29-28-,32-31-,35-34-,40-38-,41-37-,50-47-. The number of allylic oxidation sites excluding steroid dienone is 22. The van der Waals surface area contributed by atoms with Crippen LogP contribution in [0.15, 0.2) is 134 Å². The molecule has 0 radical (unpaired) electrons. The highest BCUT2D eigenvalue weighted by atomic mass is 16.6. The zero-order valence-corrected chi connectivity index (χ0v) is 43.6. The Labute approximate surface area is 417 Å². The van der Waals surface area contributed by atoms with Crippen molar-refractivity contribution in [2.45, 2.75) is 226 Å². The number of carbonyl (C=O) groups is 3. The molecule has 382 valence electrons. The number of ether oxygens (including phenoxy) is 3. The van der Waals surface area contributed by atoms with E-state index in [1.807, 2.05) is 12.2 Å². The van der Waals surface area contributed by atoms with Crippen LogP contribution in [0.2, 0.25) is 0 Å². The van der Waals surface area contributed by atoms with Crippen molar-refractivity contribution in [1.82, 2.24) is 0 Å². The maximum Gasteiger partial charge on any atom is 0.306 e. The van der Waals surface area contributed by atoms with E-state index in [2.05, 4.69) is 142 Å². The SMILES string of the molecule is CC/C=C\C/C=C\C/C=C\C/C=C\C/C=C\C/C=C\C/C=C\CCCCCC(=O)OCC(COC(=O)CCCCCCCCCCCCCC)OC(=O)CC/C=C\C/C=C\C/C=C\C/C=C\CC. The van der Waals surface area contributed by atoms with Crippen LogP contribution in [0.5, 0.6) is 0 Å². The summed E-state index contributed by atoms with van der Waals surface area (Å²) < 4.78 is 16.7. The van der Waals surface area contributed by atoms with E-state index < -0.39 is 12.1 Å². The molecule has 6 heteroatoms. The van der Waals surface area contributed by atoms with Crippen molar-refractivity contribution in [3.05, 3.63) is 134 Å². The molecule has 1 atom stereocenters. The second-order valence-corrected chi connectivity index (χ2v) is 17.4. The van der Waals surface area contributed by atoms with Crippen LogP contribution in [0.4, 0.5) is 0 Å². The van der Waals surface area contributed by atoms with Crippen LogP contribution in [0.1, 0.15) is 220 Å². The summed E-state index contributed by atoms with van der Waals surface area (Å²) >= 11 is 0. The molecular weight excluding hydrogens is 841 g/mol. The lowest BCUT2D eigenvalue weighted by molar-refractivity contribution is -0.166. The van der Waals surface area contributed by atoms with Crippen molar-refractivity contribution in [1.29, 1.82) is 0 Å². The molecule has 0 fully saturated rings. The van der Waals surface area contributed by atoms with Crippen LogP contribution >= 0.6 is 0 Å². The molecule has 0 rings (SSSR count). The number of esters is 3. The molecule has 0 aliphatic rings. The van der Waals surface area contributed by atoms with Crippen LogP contribution in [0.25, 0.3) is 0 Å². The zero-order chi connectivity index (χ0) is 49.3. The minimum atomic E-state index is -0.832. The smallest absolute Gasteiger partial charge is 0.306 e. The Balaban J connectivity index is 4.46. The number of carbonyl (C=O) groups excluding carboxylic acids is 3. The Morgan fingerprint density at radius 3 is 0.956 bits per heavy atom. The van der Waals surface area contributed by atoms with Crippen LogP contribution < -0.4 is 0 Å². The van der Waals surface area contributed by atoms with E-state index in [-0.39, 0.29) is 31.6 Å². The summed E-state index contributed by atoms with van der Waals surface area (Å²) in [4.78, 5) is 38.0. The fourth-order valence-electron chi connectivity index (χ4n) is 6.91. The van der Waals surface area contributed by atoms with E-state index in [0.29, 0.717) is 19.3 Å². The molecule has 0 N–H and O–H groups in total. The van der Waals surface area contributed by atoms with Gasteiger partial charge in [-0.25, -0.2) is 0 Å². The lowest BCUT2D eigenvalue weighted by Gasteiger charge is -2.18. The number of hydrogen-bond donors (Lipinski definition) is 0. The maximum atomic E-state index is 12.8. The Kier molecular flexibility index (Phi) is 51.5. The van der Waals surface area contributed by atoms with Crippen molar-refractivity contribution in [2.75, 3.05) is 13.2 Å². The summed E-state index contributed by atoms with van der Waals surface area (Å²) in [5.74, 6) is -1.04. The quantitative estimate of drug-likeness (QED) is 0.0262. The summed E-state index contributed by atoms with van der Waals surface area (Å²) in [6, 6.07) is 0. The lowest BCUT2D eigenvalue weighted by Crippen LogP contribution is -2.30. The molecule has 0 spiro atoms. The van der Waals surface area contributed by atoms with Crippen molar-refractivity contribution < 1.29 is 28.6 Å². The summed E-state index contributed by atoms with van der Waals surface area (Å²) in [6.07, 6.45) is 77.4. The summed E-state index contributed by atoms with van der Waals surface area (Å²) in [5, 5.41) is 0. The topological polar surface area (TPSA) is 78.9 Å². The molecule has 0 saturated carbocycles. The molecule has 0 aromatic rings. The van der Waals surface area contributed by atoms with Gasteiger partial charge in [-0.3, -0.25) is 14.4 Å². The minimum absolute atomic E-state index is 0.120. The van der Waals surface area contributed by atoms with Gasteiger partial charge in [0.15, 0.2) is 6.10 Å². The molecule has 0 aromatic heterocycles. The molecule has 0 bridgehead atoms. The van der Waals surface area contributed by atoms with Gasteiger partial charge in [-0.2, -0.15) is 0 Å². The average molecular weight is 939 g/mol. The van der Waals surface area contributed by atoms with Crippen molar-refractivity contribution in [3.63, 3.8) is 0 Å². The van der Waals surface area contributed by atoms with Gasteiger partial charge in [0, 0.05) is 19.3 Å². The highest BCUT2D eigenvalue weighted by molar-refractivity contribution is 5.71. The monoisotopic (exact) mass is 939 g/mol. The third-order valence-electron chi connectivity index (χ3n) is 10.9. The second-order valence-electron chi connectivity index (χ2n) is 17.4. The largest absolute Gasteiger partial charge is 0.462 e. The molecule has 0 aliphatic carbocycles. The van der Waals surface area contributed by atoms with E-state index >= 15 is 0 Å². The molecule has 1 unspecified atom stereocenters. The summed E-state index contributed by atoms with van der Waals surface area (Å²) in [5.41, 5.74) is 0. The third kappa shape index (κ3) is 52.5. The Morgan fingerprint density at radius 1 is 0.309 bits per heavy atom. The molecule has 6 nitrogen and oxygen atoms in total. The van der Waals surface area contributed by atoms with Gasteiger partial charge in [0.1, 0.15) is 13.2 Å². The maximum absolute atomic E-state index is 12.8. The number of hydrogen-bond acceptors (Lipinski definition) is 6. The van der Waals surface area contributed by atoms with Gasteiger partial charge in [-0.15, -0.1) is 0 Å². The molecule has 0 aromatic carbocycles. The zero-order valence-electron chi connectivity index (χ0n) is 43.6. The third-order valence-corrected chi connectivity index (χ3v) is 10.9. The predicted molar refractivity (Wildman–Crippen MR) is 292 cm³/mol. The van der Waals surface area contributed by atoms with Gasteiger partial charge in [0.25, 0.3) is 0 Å². The summed E-state index contributed by atoms with van der Waals surface area (Å²) in [7, 11) is 0. The van der Waals surface area contributed by atoms with E-state index in [9.17, 15) is 14.4 Å². The van der Waals surface area contributed by atoms with Gasteiger partial charge in [0.2, 0.25) is 0 Å². The van der Waals surface area contributed by atoms with E-state index in [4.69, 9.17) is 14.2 Å². The first-order chi connectivity index (χ1) is 33.5. The first-order valence-corrected chi connectivity index (χ1v) is 27.2. The first-order valence-electron chi connectivity index (χ1n) is 27.2. The number of unbranched alkanes of at least 4 members (excludes halogenated alkanes) is 14. The van der Waals surface area contributed by atoms with E-state index in [1.54, 1.807) is 0 Å². The van der Waals surface area contributed by atoms with Gasteiger partial charge >= 0.3 is 17.9 Å². The van der Waals surface area contributed by atoms with Crippen LogP contribution in [-0.2, 0) is 28.6 Å². The average Bonchev–Trinajstić information content (AvgIpc) is 3.34. The highest BCUT2D eigenvalue weighted by Crippen LogP contribution is 2.14. The number of rotatable bonds is 47. The van der Waals surface area contributed by atoms with E-state index in [0.717, 1.165) is 116 Å². The predicted octanol–water partition coefficient (Wildman–Crippen LogP) is 18.3. The van der Waals surface area contributed by atoms with Crippen molar-refractivity contribution in [3.8, 4) is 0 Å². The minimum Gasteiger partial charge on any atom is -0.462 e. The van der Waals surface area contributed by atoms with Gasteiger partial charge in [-0.05, 0) is 103 Å². The molecule has 0 heterocycles. The summed E-state index contributed by atoms with van der Waals surface area (Å²) in [6.45, 7) is 6.30. The highest BCUT2D eigenvalue weighted by Gasteiger charge is 2.19. The van der Waals surface area contributed by atoms with Crippen molar-refractivity contribution >= 4 is 17.9 Å². The fourth-order valence-corrected chi connectivity index (χ4v) is 6.91. The first kappa shape index (κ1) is 63.5. The van der Waals surface area contributed by atoms with Crippen LogP contribution in [0, 0.1) is 0 Å². The Bertz CT molecular complexity index is 1500. The normalized spacial score (nSPS) is 13.2. The van der Waals surface area contributed by atoms with Crippen molar-refractivity contribution in [2.24, 2.45) is 0 Å². The molecule has 0 saturated heterocycles. The fraction of sp³-hybridized carbons (Fsp3) is 0.597.